The Morgan fingerprint density at radius 1 is 1.33 bits per heavy atom. The van der Waals surface area contributed by atoms with Crippen LogP contribution in [-0.4, -0.2) is 43.2 Å². The molecule has 1 aromatic rings. The number of rotatable bonds is 5. The number of carbonyl (C=O) groups excluding carboxylic acids is 1. The van der Waals surface area contributed by atoms with E-state index in [1.54, 1.807) is 11.8 Å². The SMILES string of the molecule is CSc1cccc(NC(=O)C2CN(S(=O)(=O)C3CC3)C2)c1. The molecule has 1 aliphatic carbocycles. The molecule has 1 aromatic carbocycles. The van der Waals surface area contributed by atoms with Crippen molar-refractivity contribution in [2.45, 2.75) is 23.0 Å². The van der Waals surface area contributed by atoms with Crippen LogP contribution in [0.4, 0.5) is 5.69 Å². The molecule has 1 N–H and O–H groups in total. The highest BCUT2D eigenvalue weighted by atomic mass is 32.2. The van der Waals surface area contributed by atoms with Gasteiger partial charge in [-0.25, -0.2) is 8.42 Å². The highest BCUT2D eigenvalue weighted by molar-refractivity contribution is 7.98. The molecule has 1 aliphatic heterocycles. The molecule has 1 amide bonds. The summed E-state index contributed by atoms with van der Waals surface area (Å²) in [5.74, 6) is -0.341. The fourth-order valence-corrected chi connectivity index (χ4v) is 4.72. The van der Waals surface area contributed by atoms with Gasteiger partial charge in [0.25, 0.3) is 0 Å². The molecule has 114 valence electrons. The van der Waals surface area contributed by atoms with Gasteiger partial charge in [0, 0.05) is 23.7 Å². The standard InChI is InChI=1S/C14H18N2O3S2/c1-20-12-4-2-3-11(7-12)15-14(17)10-8-16(9-10)21(18,19)13-5-6-13/h2-4,7,10,13H,5-6,8-9H2,1H3,(H,15,17). The number of hydrogen-bond donors (Lipinski definition) is 1. The maximum absolute atomic E-state index is 12.1. The van der Waals surface area contributed by atoms with E-state index in [9.17, 15) is 13.2 Å². The van der Waals surface area contributed by atoms with Crippen LogP contribution in [0.3, 0.4) is 0 Å². The normalized spacial score (nSPS) is 20.0. The van der Waals surface area contributed by atoms with Gasteiger partial charge in [0.2, 0.25) is 15.9 Å². The Morgan fingerprint density at radius 3 is 2.67 bits per heavy atom. The van der Waals surface area contributed by atoms with E-state index in [1.165, 1.54) is 4.31 Å². The highest BCUT2D eigenvalue weighted by Crippen LogP contribution is 2.34. The quantitative estimate of drug-likeness (QED) is 0.838. The Labute approximate surface area is 129 Å². The lowest BCUT2D eigenvalue weighted by molar-refractivity contribution is -0.122. The zero-order valence-corrected chi connectivity index (χ0v) is 13.4. The van der Waals surface area contributed by atoms with Crippen molar-refractivity contribution in [1.82, 2.24) is 4.31 Å². The van der Waals surface area contributed by atoms with Gasteiger partial charge in [0.05, 0.1) is 11.2 Å². The average Bonchev–Trinajstić information content (AvgIpc) is 3.21. The van der Waals surface area contributed by atoms with Crippen LogP contribution in [0, 0.1) is 5.92 Å². The topological polar surface area (TPSA) is 66.5 Å². The van der Waals surface area contributed by atoms with Gasteiger partial charge in [-0.3, -0.25) is 4.79 Å². The van der Waals surface area contributed by atoms with Gasteiger partial charge < -0.3 is 5.32 Å². The molecule has 0 bridgehead atoms. The molecule has 3 rings (SSSR count). The number of thioether (sulfide) groups is 1. The number of nitrogens with zero attached hydrogens (tertiary/aromatic N) is 1. The smallest absolute Gasteiger partial charge is 0.230 e. The summed E-state index contributed by atoms with van der Waals surface area (Å²) in [4.78, 5) is 13.2. The first-order chi connectivity index (χ1) is 10.0. The molecular weight excluding hydrogens is 308 g/mol. The summed E-state index contributed by atoms with van der Waals surface area (Å²) in [5, 5.41) is 2.67. The van der Waals surface area contributed by atoms with Crippen molar-refractivity contribution in [1.29, 1.82) is 0 Å². The lowest BCUT2D eigenvalue weighted by Crippen LogP contribution is -2.55. The number of anilines is 1. The number of carbonyl (C=O) groups is 1. The van der Waals surface area contributed by atoms with E-state index < -0.39 is 10.0 Å². The fraction of sp³-hybridized carbons (Fsp3) is 0.500. The molecule has 5 nitrogen and oxygen atoms in total. The van der Waals surface area contributed by atoms with Crippen LogP contribution >= 0.6 is 11.8 Å². The number of benzene rings is 1. The van der Waals surface area contributed by atoms with Gasteiger partial charge in [0.1, 0.15) is 0 Å². The Morgan fingerprint density at radius 2 is 2.05 bits per heavy atom. The molecule has 2 fully saturated rings. The molecule has 1 heterocycles. The lowest BCUT2D eigenvalue weighted by atomic mass is 10.0. The first kappa shape index (κ1) is 14.9. The van der Waals surface area contributed by atoms with Gasteiger partial charge in [-0.1, -0.05) is 6.07 Å². The first-order valence-electron chi connectivity index (χ1n) is 6.94. The van der Waals surface area contributed by atoms with Crippen LogP contribution in [0.5, 0.6) is 0 Å². The molecule has 1 saturated carbocycles. The maximum atomic E-state index is 12.1. The molecule has 0 unspecified atom stereocenters. The minimum atomic E-state index is -3.13. The van der Waals surface area contributed by atoms with Crippen molar-refractivity contribution in [2.75, 3.05) is 24.7 Å². The van der Waals surface area contributed by atoms with Crippen molar-refractivity contribution < 1.29 is 13.2 Å². The monoisotopic (exact) mass is 326 g/mol. The van der Waals surface area contributed by atoms with E-state index >= 15 is 0 Å². The van der Waals surface area contributed by atoms with Gasteiger partial charge >= 0.3 is 0 Å². The summed E-state index contributed by atoms with van der Waals surface area (Å²) >= 11 is 1.61. The Kier molecular flexibility index (Phi) is 3.98. The van der Waals surface area contributed by atoms with Crippen molar-refractivity contribution in [3.63, 3.8) is 0 Å². The Balaban J connectivity index is 1.56. The predicted molar refractivity (Wildman–Crippen MR) is 83.9 cm³/mol. The van der Waals surface area contributed by atoms with Crippen LogP contribution in [0.2, 0.25) is 0 Å². The third-order valence-electron chi connectivity index (χ3n) is 3.86. The minimum absolute atomic E-state index is 0.101. The van der Waals surface area contributed by atoms with E-state index in [1.807, 2.05) is 30.5 Å². The van der Waals surface area contributed by atoms with Crippen molar-refractivity contribution in [3.05, 3.63) is 24.3 Å². The fourth-order valence-electron chi connectivity index (χ4n) is 2.33. The van der Waals surface area contributed by atoms with Crippen LogP contribution in [0.25, 0.3) is 0 Å². The molecule has 1 saturated heterocycles. The maximum Gasteiger partial charge on any atom is 0.230 e. The molecule has 0 aromatic heterocycles. The van der Waals surface area contributed by atoms with Gasteiger partial charge in [0.15, 0.2) is 0 Å². The van der Waals surface area contributed by atoms with Crippen LogP contribution in [-0.2, 0) is 14.8 Å². The van der Waals surface area contributed by atoms with E-state index in [0.29, 0.717) is 13.1 Å². The lowest BCUT2D eigenvalue weighted by Gasteiger charge is -2.37. The number of nitrogens with one attached hydrogen (secondary N) is 1. The highest BCUT2D eigenvalue weighted by Gasteiger charge is 2.46. The zero-order valence-electron chi connectivity index (χ0n) is 11.8. The third kappa shape index (κ3) is 3.09. The second kappa shape index (κ2) is 5.62. The first-order valence-corrected chi connectivity index (χ1v) is 9.67. The van der Waals surface area contributed by atoms with Gasteiger partial charge in [-0.2, -0.15) is 4.31 Å². The number of hydrogen-bond acceptors (Lipinski definition) is 4. The van der Waals surface area contributed by atoms with E-state index in [0.717, 1.165) is 23.4 Å². The van der Waals surface area contributed by atoms with E-state index in [2.05, 4.69) is 5.32 Å². The summed E-state index contributed by atoms with van der Waals surface area (Å²) in [7, 11) is -3.13. The third-order valence-corrected chi connectivity index (χ3v) is 6.92. The molecular formula is C14H18N2O3S2. The zero-order chi connectivity index (χ0) is 15.0. The van der Waals surface area contributed by atoms with Crippen molar-refractivity contribution in [3.8, 4) is 0 Å². The predicted octanol–water partition coefficient (Wildman–Crippen LogP) is 1.77. The summed E-state index contributed by atoms with van der Waals surface area (Å²) < 4.78 is 25.4. The number of amides is 1. The van der Waals surface area contributed by atoms with E-state index in [-0.39, 0.29) is 17.1 Å². The molecule has 0 atom stereocenters. The van der Waals surface area contributed by atoms with Crippen LogP contribution in [0.1, 0.15) is 12.8 Å². The van der Waals surface area contributed by atoms with Crippen LogP contribution in [0.15, 0.2) is 29.2 Å². The Hall–Kier alpha value is -1.05. The molecule has 7 heteroatoms. The Bertz CT molecular complexity index is 650. The second-order valence-electron chi connectivity index (χ2n) is 5.48. The number of sulfonamides is 1. The van der Waals surface area contributed by atoms with Crippen molar-refractivity contribution >= 4 is 33.4 Å². The summed E-state index contributed by atoms with van der Waals surface area (Å²) in [6, 6.07) is 7.63. The van der Waals surface area contributed by atoms with Crippen molar-refractivity contribution in [2.24, 2.45) is 5.92 Å². The largest absolute Gasteiger partial charge is 0.326 e. The average molecular weight is 326 g/mol. The van der Waals surface area contributed by atoms with E-state index in [4.69, 9.17) is 0 Å². The summed E-state index contributed by atoms with van der Waals surface area (Å²) in [6.07, 6.45) is 3.50. The van der Waals surface area contributed by atoms with Gasteiger partial charge in [-0.05, 0) is 37.3 Å². The molecule has 0 spiro atoms. The summed E-state index contributed by atoms with van der Waals surface area (Å²) in [5.41, 5.74) is 0.760. The molecule has 0 radical (unpaired) electrons. The minimum Gasteiger partial charge on any atom is -0.326 e. The van der Waals surface area contributed by atoms with Crippen LogP contribution < -0.4 is 5.32 Å². The van der Waals surface area contributed by atoms with Gasteiger partial charge in [-0.15, -0.1) is 11.8 Å². The molecule has 2 aliphatic rings. The second-order valence-corrected chi connectivity index (χ2v) is 8.57. The molecule has 21 heavy (non-hydrogen) atoms. The summed E-state index contributed by atoms with van der Waals surface area (Å²) in [6.45, 7) is 0.625.